The van der Waals surface area contributed by atoms with Crippen LogP contribution in [0.25, 0.3) is 10.6 Å². The van der Waals surface area contributed by atoms with Gasteiger partial charge in [-0.1, -0.05) is 0 Å². The second-order valence-corrected chi connectivity index (χ2v) is 6.36. The molecule has 0 saturated carbocycles. The largest absolute Gasteiger partial charge is 0.484 e. The van der Waals surface area contributed by atoms with E-state index < -0.39 is 11.9 Å². The van der Waals surface area contributed by atoms with Crippen LogP contribution < -0.4 is 10.5 Å². The zero-order valence-corrected chi connectivity index (χ0v) is 14.9. The lowest BCUT2D eigenvalue weighted by Gasteiger charge is -2.05. The number of benzene rings is 2. The first-order valence-electron chi connectivity index (χ1n) is 7.90. The molecule has 3 rings (SSSR count). The molecule has 0 bridgehead atoms. The van der Waals surface area contributed by atoms with Crippen LogP contribution in [-0.2, 0) is 16.1 Å². The van der Waals surface area contributed by atoms with Crippen molar-refractivity contribution in [3.05, 3.63) is 71.0 Å². The van der Waals surface area contributed by atoms with Crippen LogP contribution in [0.2, 0.25) is 0 Å². The average molecular weight is 386 g/mol. The Balaban J connectivity index is 1.56. The maximum atomic E-state index is 13.0. The van der Waals surface area contributed by atoms with Crippen molar-refractivity contribution in [3.63, 3.8) is 0 Å². The van der Waals surface area contributed by atoms with Crippen LogP contribution in [0.4, 0.5) is 4.39 Å². The number of esters is 1. The van der Waals surface area contributed by atoms with Crippen molar-refractivity contribution in [1.29, 1.82) is 0 Å². The highest BCUT2D eigenvalue weighted by Crippen LogP contribution is 2.24. The minimum Gasteiger partial charge on any atom is -0.484 e. The van der Waals surface area contributed by atoms with Gasteiger partial charge >= 0.3 is 5.97 Å². The Hall–Kier alpha value is -3.26. The monoisotopic (exact) mass is 386 g/mol. The molecule has 0 spiro atoms. The zero-order chi connectivity index (χ0) is 19.2. The highest BCUT2D eigenvalue weighted by atomic mass is 32.1. The number of amides is 1. The van der Waals surface area contributed by atoms with E-state index >= 15 is 0 Å². The first-order valence-corrected chi connectivity index (χ1v) is 8.78. The molecule has 0 radical (unpaired) electrons. The van der Waals surface area contributed by atoms with E-state index in [2.05, 4.69) is 4.98 Å². The SMILES string of the molecule is NC(=O)COc1ccc(C(=O)OCc2csc(-c3ccc(F)cc3)n2)cc1. The van der Waals surface area contributed by atoms with Gasteiger partial charge in [0, 0.05) is 10.9 Å². The summed E-state index contributed by atoms with van der Waals surface area (Å²) < 4.78 is 23.4. The molecular weight excluding hydrogens is 371 g/mol. The fourth-order valence-electron chi connectivity index (χ4n) is 2.16. The van der Waals surface area contributed by atoms with Crippen molar-refractivity contribution in [2.45, 2.75) is 6.61 Å². The number of hydrogen-bond acceptors (Lipinski definition) is 6. The van der Waals surface area contributed by atoms with E-state index in [1.807, 2.05) is 0 Å². The lowest BCUT2D eigenvalue weighted by Crippen LogP contribution is -2.20. The first kappa shape index (κ1) is 18.5. The minimum atomic E-state index is -0.582. The highest BCUT2D eigenvalue weighted by Gasteiger charge is 2.10. The highest BCUT2D eigenvalue weighted by molar-refractivity contribution is 7.13. The second kappa shape index (κ2) is 8.41. The molecule has 0 fully saturated rings. The fourth-order valence-corrected chi connectivity index (χ4v) is 2.97. The predicted molar refractivity (Wildman–Crippen MR) is 97.8 cm³/mol. The summed E-state index contributed by atoms with van der Waals surface area (Å²) in [6.07, 6.45) is 0. The molecule has 2 aromatic carbocycles. The summed E-state index contributed by atoms with van der Waals surface area (Å²) in [5.41, 5.74) is 6.74. The molecule has 0 unspecified atom stereocenters. The maximum absolute atomic E-state index is 13.0. The summed E-state index contributed by atoms with van der Waals surface area (Å²) >= 11 is 1.39. The smallest absolute Gasteiger partial charge is 0.338 e. The molecule has 1 heterocycles. The van der Waals surface area contributed by atoms with Gasteiger partial charge in [0.15, 0.2) is 6.61 Å². The van der Waals surface area contributed by atoms with Crippen LogP contribution in [0.5, 0.6) is 5.75 Å². The summed E-state index contributed by atoms with van der Waals surface area (Å²) in [6, 6.07) is 12.2. The molecule has 1 amide bonds. The molecule has 8 heteroatoms. The van der Waals surface area contributed by atoms with Gasteiger partial charge < -0.3 is 15.2 Å². The Morgan fingerprint density at radius 3 is 2.44 bits per heavy atom. The molecule has 0 saturated heterocycles. The lowest BCUT2D eigenvalue weighted by molar-refractivity contribution is -0.119. The van der Waals surface area contributed by atoms with Gasteiger partial charge in [-0.3, -0.25) is 4.79 Å². The van der Waals surface area contributed by atoms with Crippen molar-refractivity contribution < 1.29 is 23.5 Å². The number of nitrogens with zero attached hydrogens (tertiary/aromatic N) is 1. The van der Waals surface area contributed by atoms with Gasteiger partial charge in [-0.25, -0.2) is 14.2 Å². The normalized spacial score (nSPS) is 10.4. The van der Waals surface area contributed by atoms with Crippen molar-refractivity contribution in [2.24, 2.45) is 5.73 Å². The van der Waals surface area contributed by atoms with Crippen molar-refractivity contribution in [2.75, 3.05) is 6.61 Å². The third-order valence-corrected chi connectivity index (χ3v) is 4.41. The fraction of sp³-hybridized carbons (Fsp3) is 0.105. The number of primary amides is 1. The Morgan fingerprint density at radius 2 is 1.78 bits per heavy atom. The maximum Gasteiger partial charge on any atom is 0.338 e. The molecule has 2 N–H and O–H groups in total. The van der Waals surface area contributed by atoms with Gasteiger partial charge in [0.1, 0.15) is 23.2 Å². The van der Waals surface area contributed by atoms with Gasteiger partial charge in [-0.05, 0) is 48.5 Å². The number of thiazole rings is 1. The number of rotatable bonds is 7. The summed E-state index contributed by atoms with van der Waals surface area (Å²) in [4.78, 5) is 27.2. The van der Waals surface area contributed by atoms with Crippen LogP contribution in [0.1, 0.15) is 16.1 Å². The van der Waals surface area contributed by atoms with Crippen LogP contribution in [0.15, 0.2) is 53.9 Å². The van der Waals surface area contributed by atoms with E-state index in [4.69, 9.17) is 15.2 Å². The number of carbonyl (C=O) groups excluding carboxylic acids is 2. The van der Waals surface area contributed by atoms with Gasteiger partial charge in [0.25, 0.3) is 5.91 Å². The van der Waals surface area contributed by atoms with Crippen LogP contribution in [-0.4, -0.2) is 23.5 Å². The van der Waals surface area contributed by atoms with E-state index in [0.717, 1.165) is 10.6 Å². The van der Waals surface area contributed by atoms with Crippen LogP contribution in [0, 0.1) is 5.82 Å². The van der Waals surface area contributed by atoms with Crippen molar-refractivity contribution >= 4 is 23.2 Å². The van der Waals surface area contributed by atoms with Crippen molar-refractivity contribution in [1.82, 2.24) is 4.98 Å². The van der Waals surface area contributed by atoms with E-state index in [-0.39, 0.29) is 19.0 Å². The summed E-state index contributed by atoms with van der Waals surface area (Å²) in [7, 11) is 0. The van der Waals surface area contributed by atoms with Crippen molar-refractivity contribution in [3.8, 4) is 16.3 Å². The quantitative estimate of drug-likeness (QED) is 0.630. The molecule has 27 heavy (non-hydrogen) atoms. The molecule has 1 aromatic heterocycles. The Bertz CT molecular complexity index is 939. The number of halogens is 1. The van der Waals surface area contributed by atoms with Gasteiger partial charge in [-0.15, -0.1) is 11.3 Å². The number of nitrogens with two attached hydrogens (primary N) is 1. The third kappa shape index (κ3) is 5.11. The summed E-state index contributed by atoms with van der Waals surface area (Å²) in [5, 5.41) is 2.50. The van der Waals surface area contributed by atoms with Gasteiger partial charge in [-0.2, -0.15) is 0 Å². The van der Waals surface area contributed by atoms with Gasteiger partial charge in [0.2, 0.25) is 0 Å². The first-order chi connectivity index (χ1) is 13.0. The number of carbonyl (C=O) groups is 2. The number of hydrogen-bond donors (Lipinski definition) is 1. The van der Waals surface area contributed by atoms with Crippen LogP contribution >= 0.6 is 11.3 Å². The molecule has 3 aromatic rings. The summed E-state index contributed by atoms with van der Waals surface area (Å²) in [6.45, 7) is -0.208. The minimum absolute atomic E-state index is 0.0243. The number of aromatic nitrogens is 1. The third-order valence-electron chi connectivity index (χ3n) is 3.47. The average Bonchev–Trinajstić information content (AvgIpc) is 3.14. The molecule has 0 aliphatic heterocycles. The lowest BCUT2D eigenvalue weighted by atomic mass is 10.2. The zero-order valence-electron chi connectivity index (χ0n) is 14.1. The van der Waals surface area contributed by atoms with E-state index in [9.17, 15) is 14.0 Å². The molecule has 138 valence electrons. The summed E-state index contributed by atoms with van der Waals surface area (Å²) in [5.74, 6) is -0.973. The Labute approximate surface area is 158 Å². The van der Waals surface area contributed by atoms with E-state index in [1.54, 1.807) is 29.6 Å². The topological polar surface area (TPSA) is 91.5 Å². The Kier molecular flexibility index (Phi) is 5.77. The Morgan fingerprint density at radius 1 is 1.07 bits per heavy atom. The second-order valence-electron chi connectivity index (χ2n) is 5.51. The molecule has 0 atom stereocenters. The molecular formula is C19H15FN2O4S. The number of ether oxygens (including phenoxy) is 2. The molecule has 6 nitrogen and oxygen atoms in total. The van der Waals surface area contributed by atoms with Crippen LogP contribution in [0.3, 0.4) is 0 Å². The predicted octanol–water partition coefficient (Wildman–Crippen LogP) is 3.17. The van der Waals surface area contributed by atoms with Gasteiger partial charge in [0.05, 0.1) is 11.3 Å². The van der Waals surface area contributed by atoms with E-state index in [0.29, 0.717) is 17.0 Å². The molecule has 0 aliphatic carbocycles. The standard InChI is InChI=1S/C19H15FN2O4S/c20-14-5-1-12(2-6-14)18-22-15(11-27-18)9-26-19(24)13-3-7-16(8-4-13)25-10-17(21)23/h1-8,11H,9-10H2,(H2,21,23). The van der Waals surface area contributed by atoms with E-state index in [1.165, 1.54) is 35.6 Å². The molecule has 0 aliphatic rings.